The first kappa shape index (κ1) is 23.5. The summed E-state index contributed by atoms with van der Waals surface area (Å²) in [4.78, 5) is 27.4. The maximum atomic E-state index is 11.7. The van der Waals surface area contributed by atoms with E-state index in [1.807, 2.05) is 24.5 Å². The molecule has 1 saturated heterocycles. The van der Waals surface area contributed by atoms with Crippen LogP contribution in [0.15, 0.2) is 47.9 Å². The zero-order valence-electron chi connectivity index (χ0n) is 17.0. The van der Waals surface area contributed by atoms with Crippen molar-refractivity contribution in [3.8, 4) is 12.1 Å². The predicted octanol–water partition coefficient (Wildman–Crippen LogP) is 2.05. The number of nitrogens with zero attached hydrogens (tertiary/aromatic N) is 4. The number of esters is 2. The van der Waals surface area contributed by atoms with E-state index in [9.17, 15) is 9.59 Å². The summed E-state index contributed by atoms with van der Waals surface area (Å²) < 4.78 is 9.81. The van der Waals surface area contributed by atoms with E-state index >= 15 is 0 Å². The van der Waals surface area contributed by atoms with Crippen molar-refractivity contribution >= 4 is 11.9 Å². The maximum Gasteiger partial charge on any atom is 0.349 e. The molecule has 29 heavy (non-hydrogen) atoms. The highest BCUT2D eigenvalue weighted by atomic mass is 16.5. The van der Waals surface area contributed by atoms with Crippen LogP contribution < -0.4 is 0 Å². The number of hydrogen-bond acceptors (Lipinski definition) is 8. The van der Waals surface area contributed by atoms with Gasteiger partial charge in [-0.1, -0.05) is 0 Å². The normalized spacial score (nSPS) is 15.5. The molecular weight excluding hydrogens is 372 g/mol. The van der Waals surface area contributed by atoms with Gasteiger partial charge in [-0.3, -0.25) is 0 Å². The molecule has 0 aromatic rings. The molecule has 1 aliphatic rings. The molecule has 0 spiro atoms. The van der Waals surface area contributed by atoms with Crippen molar-refractivity contribution in [3.63, 3.8) is 0 Å². The van der Waals surface area contributed by atoms with Gasteiger partial charge in [0.05, 0.1) is 12.7 Å². The van der Waals surface area contributed by atoms with Gasteiger partial charge in [-0.05, 0) is 57.5 Å². The number of ether oxygens (including phenoxy) is 2. The lowest BCUT2D eigenvalue weighted by atomic mass is 10.2. The molecule has 1 aliphatic heterocycles. The van der Waals surface area contributed by atoms with Crippen LogP contribution in [-0.2, 0) is 19.1 Å². The van der Waals surface area contributed by atoms with Crippen LogP contribution in [0.5, 0.6) is 0 Å². The first-order valence-electron chi connectivity index (χ1n) is 9.34. The fourth-order valence-corrected chi connectivity index (χ4v) is 2.35. The minimum absolute atomic E-state index is 0.0410. The predicted molar refractivity (Wildman–Crippen MR) is 107 cm³/mol. The van der Waals surface area contributed by atoms with E-state index in [1.54, 1.807) is 32.9 Å². The van der Waals surface area contributed by atoms with Crippen LogP contribution in [0.25, 0.3) is 0 Å². The Hall–Kier alpha value is -3.52. The second kappa shape index (κ2) is 12.8. The monoisotopic (exact) mass is 398 g/mol. The van der Waals surface area contributed by atoms with Gasteiger partial charge in [-0.2, -0.15) is 10.5 Å². The van der Waals surface area contributed by atoms with Gasteiger partial charge in [-0.15, -0.1) is 0 Å². The van der Waals surface area contributed by atoms with Crippen LogP contribution >= 0.6 is 0 Å². The molecule has 0 aromatic heterocycles. The number of hydrogen-bond donors (Lipinski definition) is 0. The SMILES string of the molecule is CCOC(=O)/C(C#N)=C/C=C/N1CCN(/C=C/C=C(\C#N)C(=O)OC(C)C)CC1. The molecule has 0 unspecified atom stereocenters. The van der Waals surface area contributed by atoms with E-state index in [2.05, 4.69) is 9.80 Å². The van der Waals surface area contributed by atoms with Crippen LogP contribution in [0.2, 0.25) is 0 Å². The number of rotatable bonds is 8. The Bertz CT molecular complexity index is 773. The van der Waals surface area contributed by atoms with E-state index in [-0.39, 0.29) is 23.9 Å². The van der Waals surface area contributed by atoms with Crippen molar-refractivity contribution in [3.05, 3.63) is 47.9 Å². The van der Waals surface area contributed by atoms with E-state index in [0.717, 1.165) is 26.2 Å². The minimum atomic E-state index is -0.630. The average Bonchev–Trinajstić information content (AvgIpc) is 2.69. The number of carbonyl (C=O) groups excluding carboxylic acids is 2. The summed E-state index contributed by atoms with van der Waals surface area (Å²) in [5.74, 6) is -1.26. The molecule has 1 rings (SSSR count). The molecule has 0 saturated carbocycles. The molecular formula is C21H26N4O4. The van der Waals surface area contributed by atoms with Crippen molar-refractivity contribution in [2.45, 2.75) is 26.9 Å². The van der Waals surface area contributed by atoms with Gasteiger partial charge in [0.25, 0.3) is 0 Å². The summed E-state index contributed by atoms with van der Waals surface area (Å²) in [6, 6.07) is 3.67. The minimum Gasteiger partial charge on any atom is -0.462 e. The van der Waals surface area contributed by atoms with Crippen LogP contribution in [0, 0.1) is 22.7 Å². The molecule has 0 N–H and O–H groups in total. The Labute approximate surface area is 171 Å². The largest absolute Gasteiger partial charge is 0.462 e. The third-order valence-electron chi connectivity index (χ3n) is 3.77. The summed E-state index contributed by atoms with van der Waals surface area (Å²) in [6.07, 6.45) is 9.58. The fraction of sp³-hybridized carbons (Fsp3) is 0.429. The van der Waals surface area contributed by atoms with Gasteiger partial charge in [0, 0.05) is 26.2 Å². The third kappa shape index (κ3) is 8.81. The lowest BCUT2D eigenvalue weighted by molar-refractivity contribution is -0.142. The summed E-state index contributed by atoms with van der Waals surface area (Å²) >= 11 is 0. The molecule has 0 bridgehead atoms. The summed E-state index contributed by atoms with van der Waals surface area (Å²) in [6.45, 7) is 8.36. The smallest absolute Gasteiger partial charge is 0.349 e. The van der Waals surface area contributed by atoms with Crippen molar-refractivity contribution in [2.24, 2.45) is 0 Å². The van der Waals surface area contributed by atoms with E-state index in [0.29, 0.717) is 0 Å². The summed E-state index contributed by atoms with van der Waals surface area (Å²) in [7, 11) is 0. The molecule has 0 amide bonds. The van der Waals surface area contributed by atoms with Crippen molar-refractivity contribution in [1.29, 1.82) is 10.5 Å². The molecule has 1 fully saturated rings. The summed E-state index contributed by atoms with van der Waals surface area (Å²) in [5.41, 5.74) is -0.0843. The molecule has 8 nitrogen and oxygen atoms in total. The molecule has 0 aliphatic carbocycles. The van der Waals surface area contributed by atoms with Gasteiger partial charge in [-0.25, -0.2) is 9.59 Å². The van der Waals surface area contributed by atoms with Crippen LogP contribution in [0.3, 0.4) is 0 Å². The van der Waals surface area contributed by atoms with E-state index in [1.165, 1.54) is 12.2 Å². The highest BCUT2D eigenvalue weighted by molar-refractivity contribution is 5.93. The lowest BCUT2D eigenvalue weighted by Gasteiger charge is -2.33. The summed E-state index contributed by atoms with van der Waals surface area (Å²) in [5, 5.41) is 18.0. The van der Waals surface area contributed by atoms with Crippen molar-refractivity contribution in [1.82, 2.24) is 9.80 Å². The number of carbonyl (C=O) groups is 2. The molecule has 0 atom stereocenters. The van der Waals surface area contributed by atoms with Gasteiger partial charge in [0.15, 0.2) is 0 Å². The third-order valence-corrected chi connectivity index (χ3v) is 3.77. The fourth-order valence-electron chi connectivity index (χ4n) is 2.35. The average molecular weight is 398 g/mol. The Kier molecular flexibility index (Phi) is 10.4. The van der Waals surface area contributed by atoms with E-state index < -0.39 is 11.9 Å². The van der Waals surface area contributed by atoms with Gasteiger partial charge in [0.1, 0.15) is 23.3 Å². The van der Waals surface area contributed by atoms with Crippen molar-refractivity contribution < 1.29 is 19.1 Å². The topological polar surface area (TPSA) is 107 Å². The second-order valence-electron chi connectivity index (χ2n) is 6.31. The molecule has 8 heteroatoms. The Morgan fingerprint density at radius 1 is 0.931 bits per heavy atom. The van der Waals surface area contributed by atoms with Gasteiger partial charge >= 0.3 is 11.9 Å². The lowest BCUT2D eigenvalue weighted by Crippen LogP contribution is -2.41. The molecule has 0 aromatic carbocycles. The maximum absolute atomic E-state index is 11.7. The van der Waals surface area contributed by atoms with Crippen molar-refractivity contribution in [2.75, 3.05) is 32.8 Å². The highest BCUT2D eigenvalue weighted by Gasteiger charge is 2.13. The number of piperazine rings is 1. The first-order chi connectivity index (χ1) is 13.9. The second-order valence-corrected chi connectivity index (χ2v) is 6.31. The quantitative estimate of drug-likeness (QED) is 0.265. The molecule has 154 valence electrons. The molecule has 1 heterocycles. The van der Waals surface area contributed by atoms with Crippen LogP contribution in [0.1, 0.15) is 20.8 Å². The van der Waals surface area contributed by atoms with Gasteiger partial charge in [0.2, 0.25) is 0 Å². The first-order valence-corrected chi connectivity index (χ1v) is 9.34. The van der Waals surface area contributed by atoms with Crippen LogP contribution in [-0.4, -0.2) is 60.6 Å². The zero-order valence-corrected chi connectivity index (χ0v) is 17.0. The standard InChI is InChI=1S/C21H26N4O4/c1-4-28-20(26)18(15-22)7-5-9-24-11-13-25(14-12-24)10-6-8-19(16-23)21(27)29-17(2)3/h5-10,17H,4,11-14H2,1-3H3/b9-5+,10-6+,18-7+,19-8+. The molecule has 0 radical (unpaired) electrons. The van der Waals surface area contributed by atoms with Crippen LogP contribution in [0.4, 0.5) is 0 Å². The number of allylic oxidation sites excluding steroid dienone is 4. The highest BCUT2D eigenvalue weighted by Crippen LogP contribution is 2.06. The Balaban J connectivity index is 2.54. The zero-order chi connectivity index (χ0) is 21.6. The number of nitriles is 2. The van der Waals surface area contributed by atoms with Gasteiger partial charge < -0.3 is 19.3 Å². The Morgan fingerprint density at radius 3 is 1.76 bits per heavy atom. The van der Waals surface area contributed by atoms with E-state index in [4.69, 9.17) is 20.0 Å². The Morgan fingerprint density at radius 2 is 1.38 bits per heavy atom.